The molecule has 2 aromatic rings. The third-order valence-corrected chi connectivity index (χ3v) is 2.95. The van der Waals surface area contributed by atoms with Gasteiger partial charge >= 0.3 is 6.01 Å². The summed E-state index contributed by atoms with van der Waals surface area (Å²) in [7, 11) is 0. The highest BCUT2D eigenvalue weighted by Gasteiger charge is 2.16. The highest BCUT2D eigenvalue weighted by atomic mass is 16.4. The molecule has 0 unspecified atom stereocenters. The molecule has 0 aromatic carbocycles. The molecule has 0 spiro atoms. The minimum absolute atomic E-state index is 0.560. The molecule has 1 N–H and O–H groups in total. The van der Waals surface area contributed by atoms with Crippen molar-refractivity contribution >= 4 is 0 Å². The minimum Gasteiger partial charge on any atom is -0.427 e. The molecule has 0 saturated carbocycles. The molecule has 0 saturated heterocycles. The second kappa shape index (κ2) is 3.45. The predicted octanol–water partition coefficient (Wildman–Crippen LogP) is 1.12. The fourth-order valence-corrected chi connectivity index (χ4v) is 1.88. The quantitative estimate of drug-likeness (QED) is 0.779. The Morgan fingerprint density at radius 3 is 3.00 bits per heavy atom. The third-order valence-electron chi connectivity index (χ3n) is 2.95. The number of nitrogens with one attached hydrogen (secondary N) is 1. The molecule has 0 fully saturated rings. The van der Waals surface area contributed by atoms with Crippen molar-refractivity contribution in [3.8, 4) is 6.01 Å². The van der Waals surface area contributed by atoms with Crippen LogP contribution in [0.3, 0.4) is 0 Å². The Bertz CT molecular complexity index is 483. The van der Waals surface area contributed by atoms with Crippen LogP contribution >= 0.6 is 0 Å². The first-order chi connectivity index (χ1) is 7.74. The fraction of sp³-hybridized carbons (Fsp3) is 0.455. The monoisotopic (exact) mass is 218 g/mol. The SMILES string of the molecule is Cc1nc(-n2cc3c(n2)CNCC3)oc1C. The first-order valence-corrected chi connectivity index (χ1v) is 5.46. The zero-order chi connectivity index (χ0) is 11.1. The summed E-state index contributed by atoms with van der Waals surface area (Å²) >= 11 is 0. The largest absolute Gasteiger partial charge is 0.427 e. The van der Waals surface area contributed by atoms with Crippen LogP contribution < -0.4 is 5.32 Å². The number of fused-ring (bicyclic) bond motifs is 1. The van der Waals surface area contributed by atoms with Crippen LogP contribution in [0.5, 0.6) is 0 Å². The number of aryl methyl sites for hydroxylation is 2. The Balaban J connectivity index is 2.03. The molecular weight excluding hydrogens is 204 g/mol. The summed E-state index contributed by atoms with van der Waals surface area (Å²) in [4.78, 5) is 4.34. The van der Waals surface area contributed by atoms with Crippen LogP contribution in [0.25, 0.3) is 6.01 Å². The van der Waals surface area contributed by atoms with Crippen molar-refractivity contribution in [2.24, 2.45) is 0 Å². The third kappa shape index (κ3) is 1.44. The molecule has 3 heterocycles. The average molecular weight is 218 g/mol. The van der Waals surface area contributed by atoms with E-state index in [9.17, 15) is 0 Å². The van der Waals surface area contributed by atoms with Gasteiger partial charge in [-0.25, -0.2) is 0 Å². The number of nitrogens with zero attached hydrogens (tertiary/aromatic N) is 3. The van der Waals surface area contributed by atoms with Crippen LogP contribution in [0.2, 0.25) is 0 Å². The first-order valence-electron chi connectivity index (χ1n) is 5.46. The first kappa shape index (κ1) is 9.59. The lowest BCUT2D eigenvalue weighted by Gasteiger charge is -2.09. The van der Waals surface area contributed by atoms with Crippen molar-refractivity contribution < 1.29 is 4.42 Å². The summed E-state index contributed by atoms with van der Waals surface area (Å²) in [5, 5.41) is 7.77. The van der Waals surface area contributed by atoms with Gasteiger partial charge in [-0.15, -0.1) is 0 Å². The molecule has 0 bridgehead atoms. The van der Waals surface area contributed by atoms with Crippen molar-refractivity contribution in [2.75, 3.05) is 6.54 Å². The van der Waals surface area contributed by atoms with E-state index in [4.69, 9.17) is 4.42 Å². The van der Waals surface area contributed by atoms with Gasteiger partial charge in [-0.1, -0.05) is 0 Å². The molecule has 1 aliphatic rings. The van der Waals surface area contributed by atoms with Crippen LogP contribution in [-0.4, -0.2) is 21.3 Å². The zero-order valence-electron chi connectivity index (χ0n) is 9.45. The van der Waals surface area contributed by atoms with Gasteiger partial charge in [0.05, 0.1) is 11.4 Å². The molecule has 1 aliphatic heterocycles. The van der Waals surface area contributed by atoms with Gasteiger partial charge in [-0.2, -0.15) is 14.8 Å². The molecule has 0 radical (unpaired) electrons. The van der Waals surface area contributed by atoms with E-state index < -0.39 is 0 Å². The summed E-state index contributed by atoms with van der Waals surface area (Å²) in [6.45, 7) is 5.70. The highest BCUT2D eigenvalue weighted by molar-refractivity contribution is 5.24. The van der Waals surface area contributed by atoms with E-state index >= 15 is 0 Å². The van der Waals surface area contributed by atoms with Gasteiger partial charge in [0.2, 0.25) is 0 Å². The molecule has 5 nitrogen and oxygen atoms in total. The van der Waals surface area contributed by atoms with Crippen LogP contribution in [0.4, 0.5) is 0 Å². The molecule has 16 heavy (non-hydrogen) atoms. The van der Waals surface area contributed by atoms with E-state index in [1.807, 2.05) is 20.0 Å². The smallest absolute Gasteiger partial charge is 0.323 e. The molecule has 0 amide bonds. The lowest BCUT2D eigenvalue weighted by Crippen LogP contribution is -2.22. The maximum absolute atomic E-state index is 5.55. The van der Waals surface area contributed by atoms with Crippen molar-refractivity contribution in [1.29, 1.82) is 0 Å². The zero-order valence-corrected chi connectivity index (χ0v) is 9.45. The van der Waals surface area contributed by atoms with Gasteiger partial charge in [0, 0.05) is 12.7 Å². The molecule has 0 aliphatic carbocycles. The number of hydrogen-bond donors (Lipinski definition) is 1. The van der Waals surface area contributed by atoms with E-state index in [1.54, 1.807) is 4.68 Å². The Kier molecular flexibility index (Phi) is 2.07. The second-order valence-corrected chi connectivity index (χ2v) is 4.11. The van der Waals surface area contributed by atoms with E-state index in [0.29, 0.717) is 6.01 Å². The van der Waals surface area contributed by atoms with Gasteiger partial charge in [0.1, 0.15) is 5.76 Å². The Morgan fingerprint density at radius 2 is 2.31 bits per heavy atom. The number of oxazole rings is 1. The van der Waals surface area contributed by atoms with Crippen molar-refractivity contribution in [3.05, 3.63) is 28.9 Å². The average Bonchev–Trinajstić information content (AvgIpc) is 2.83. The number of aromatic nitrogens is 3. The number of rotatable bonds is 1. The predicted molar refractivity (Wildman–Crippen MR) is 58.5 cm³/mol. The molecule has 3 rings (SSSR count). The van der Waals surface area contributed by atoms with Gasteiger partial charge in [-0.3, -0.25) is 0 Å². The summed E-state index contributed by atoms with van der Waals surface area (Å²) in [5.41, 5.74) is 3.30. The normalized spacial score (nSPS) is 15.1. The van der Waals surface area contributed by atoms with Crippen LogP contribution in [0, 0.1) is 13.8 Å². The van der Waals surface area contributed by atoms with Crippen LogP contribution in [0.1, 0.15) is 22.7 Å². The Labute approximate surface area is 93.5 Å². The van der Waals surface area contributed by atoms with Gasteiger partial charge in [-0.05, 0) is 32.4 Å². The lowest BCUT2D eigenvalue weighted by atomic mass is 10.1. The summed E-state index contributed by atoms with van der Waals surface area (Å²) in [6.07, 6.45) is 3.04. The van der Waals surface area contributed by atoms with E-state index in [-0.39, 0.29) is 0 Å². The van der Waals surface area contributed by atoms with Crippen LogP contribution in [-0.2, 0) is 13.0 Å². The van der Waals surface area contributed by atoms with Gasteiger partial charge in [0.25, 0.3) is 0 Å². The van der Waals surface area contributed by atoms with E-state index in [2.05, 4.69) is 15.4 Å². The van der Waals surface area contributed by atoms with Crippen molar-refractivity contribution in [1.82, 2.24) is 20.1 Å². The molecule has 0 atom stereocenters. The standard InChI is InChI=1S/C11H14N4O/c1-7-8(2)16-11(13-7)15-6-9-3-4-12-5-10(9)14-15/h6,12H,3-5H2,1-2H3. The summed E-state index contributed by atoms with van der Waals surface area (Å²) < 4.78 is 7.28. The highest BCUT2D eigenvalue weighted by Crippen LogP contribution is 2.17. The van der Waals surface area contributed by atoms with E-state index in [1.165, 1.54) is 5.56 Å². The maximum Gasteiger partial charge on any atom is 0.323 e. The van der Waals surface area contributed by atoms with Crippen molar-refractivity contribution in [2.45, 2.75) is 26.8 Å². The van der Waals surface area contributed by atoms with Gasteiger partial charge in [0.15, 0.2) is 0 Å². The topological polar surface area (TPSA) is 55.9 Å². The molecule has 84 valence electrons. The van der Waals surface area contributed by atoms with Crippen LogP contribution in [0.15, 0.2) is 10.6 Å². The Hall–Kier alpha value is -1.62. The molecule has 2 aromatic heterocycles. The van der Waals surface area contributed by atoms with Crippen molar-refractivity contribution in [3.63, 3.8) is 0 Å². The number of hydrogen-bond acceptors (Lipinski definition) is 4. The molecule has 5 heteroatoms. The molecular formula is C11H14N4O. The van der Waals surface area contributed by atoms with E-state index in [0.717, 1.165) is 36.7 Å². The Morgan fingerprint density at radius 1 is 1.44 bits per heavy atom. The minimum atomic E-state index is 0.560. The van der Waals surface area contributed by atoms with Gasteiger partial charge < -0.3 is 9.73 Å². The lowest BCUT2D eigenvalue weighted by molar-refractivity contribution is 0.484. The fourth-order valence-electron chi connectivity index (χ4n) is 1.88. The summed E-state index contributed by atoms with van der Waals surface area (Å²) in [5.74, 6) is 0.849. The maximum atomic E-state index is 5.55. The summed E-state index contributed by atoms with van der Waals surface area (Å²) in [6, 6.07) is 0.560. The second-order valence-electron chi connectivity index (χ2n) is 4.11.